The molecule has 3 amide bonds. The third kappa shape index (κ3) is 9.24. The van der Waals surface area contributed by atoms with Crippen molar-refractivity contribution in [3.63, 3.8) is 0 Å². The van der Waals surface area contributed by atoms with Gasteiger partial charge >= 0.3 is 5.97 Å². The van der Waals surface area contributed by atoms with E-state index in [1.807, 2.05) is 23.1 Å². The Balaban J connectivity index is 0.000000238. The number of hydrogen-bond acceptors (Lipinski definition) is 6. The second kappa shape index (κ2) is 15.1. The number of anilines is 2. The van der Waals surface area contributed by atoms with E-state index in [1.54, 1.807) is 12.3 Å². The van der Waals surface area contributed by atoms with Gasteiger partial charge in [0.15, 0.2) is 0 Å². The lowest BCUT2D eigenvalue weighted by atomic mass is 9.92. The molecule has 3 N–H and O–H groups in total. The maximum Gasteiger partial charge on any atom is 0.328 e. The minimum absolute atomic E-state index is 0. The Hall–Kier alpha value is -4.05. The van der Waals surface area contributed by atoms with Crippen molar-refractivity contribution >= 4 is 59.9 Å². The average molecular weight is 582 g/mol. The van der Waals surface area contributed by atoms with Crippen molar-refractivity contribution in [1.82, 2.24) is 14.9 Å². The van der Waals surface area contributed by atoms with Gasteiger partial charge in [-0.3, -0.25) is 14.4 Å². The smallest absolute Gasteiger partial charge is 0.328 e. The highest BCUT2D eigenvalue weighted by molar-refractivity contribution is 5.94. The van der Waals surface area contributed by atoms with Crippen LogP contribution in [-0.4, -0.2) is 56.8 Å². The number of nitrogens with one attached hydrogen (secondary N) is 2. The van der Waals surface area contributed by atoms with Crippen LogP contribution in [-0.2, 0) is 32.0 Å². The summed E-state index contributed by atoms with van der Waals surface area (Å²) in [5.74, 6) is 1.07. The first-order valence-electron chi connectivity index (χ1n) is 13.8. The Bertz CT molecular complexity index is 1330. The van der Waals surface area contributed by atoms with E-state index in [1.165, 1.54) is 25.1 Å². The van der Waals surface area contributed by atoms with Crippen molar-refractivity contribution in [1.29, 1.82) is 0 Å². The van der Waals surface area contributed by atoms with Gasteiger partial charge in [-0.25, -0.2) is 14.8 Å². The van der Waals surface area contributed by atoms with E-state index in [2.05, 4.69) is 27.5 Å². The maximum absolute atomic E-state index is 12.3. The van der Waals surface area contributed by atoms with Gasteiger partial charge in [0.05, 0.1) is 0 Å². The van der Waals surface area contributed by atoms with Crippen LogP contribution in [0.25, 0.3) is 12.2 Å². The number of carbonyl (C=O) groups excluding carboxylic acids is 3. The van der Waals surface area contributed by atoms with E-state index < -0.39 is 5.97 Å². The molecule has 0 aliphatic carbocycles. The third-order valence-corrected chi connectivity index (χ3v) is 7.19. The summed E-state index contributed by atoms with van der Waals surface area (Å²) in [7, 11) is 0. The van der Waals surface area contributed by atoms with Gasteiger partial charge in [-0.1, -0.05) is 19.8 Å². The minimum Gasteiger partial charge on any atom is -0.478 e. The molecule has 41 heavy (non-hydrogen) atoms. The zero-order chi connectivity index (χ0) is 28.5. The Morgan fingerprint density at radius 1 is 0.902 bits per heavy atom. The average Bonchev–Trinajstić information content (AvgIpc) is 2.95. The van der Waals surface area contributed by atoms with Crippen molar-refractivity contribution in [3.8, 4) is 0 Å². The molecule has 2 aromatic rings. The van der Waals surface area contributed by atoms with Crippen LogP contribution >= 0.6 is 12.4 Å². The molecular weight excluding hydrogens is 546 g/mol. The first-order chi connectivity index (χ1) is 19.3. The van der Waals surface area contributed by atoms with Crippen LogP contribution in [0, 0.1) is 5.92 Å². The Kier molecular flexibility index (Phi) is 11.6. The number of hydrogen-bond donors (Lipinski definition) is 3. The lowest BCUT2D eigenvalue weighted by molar-refractivity contribution is -0.131. The molecule has 5 heterocycles. The number of likely N-dealkylation sites (tertiary alicyclic amines) is 1. The molecule has 1 saturated heterocycles. The predicted octanol–water partition coefficient (Wildman–Crippen LogP) is 4.50. The highest BCUT2D eigenvalue weighted by atomic mass is 35.5. The second-order valence-electron chi connectivity index (χ2n) is 10.2. The Labute approximate surface area is 245 Å². The molecule has 0 saturated carbocycles. The van der Waals surface area contributed by atoms with Crippen molar-refractivity contribution in [2.75, 3.05) is 23.7 Å². The van der Waals surface area contributed by atoms with Crippen LogP contribution in [0.2, 0.25) is 0 Å². The van der Waals surface area contributed by atoms with Crippen molar-refractivity contribution in [3.05, 3.63) is 58.9 Å². The number of aliphatic carboxylic acids is 1. The van der Waals surface area contributed by atoms with Crippen molar-refractivity contribution < 1.29 is 24.3 Å². The van der Waals surface area contributed by atoms with Gasteiger partial charge in [0, 0.05) is 50.5 Å². The third-order valence-electron chi connectivity index (χ3n) is 7.19. The fourth-order valence-corrected chi connectivity index (χ4v) is 5.02. The minimum atomic E-state index is -0.994. The number of carbonyl (C=O) groups is 4. The van der Waals surface area contributed by atoms with E-state index >= 15 is 0 Å². The van der Waals surface area contributed by atoms with Crippen LogP contribution in [0.5, 0.6) is 0 Å². The first-order valence-corrected chi connectivity index (χ1v) is 13.8. The summed E-state index contributed by atoms with van der Waals surface area (Å²) in [6.07, 6.45) is 16.3. The van der Waals surface area contributed by atoms with E-state index in [4.69, 9.17) is 5.11 Å². The van der Waals surface area contributed by atoms with Crippen molar-refractivity contribution in [2.24, 2.45) is 5.92 Å². The van der Waals surface area contributed by atoms with Crippen LogP contribution in [0.1, 0.15) is 67.7 Å². The summed E-state index contributed by atoms with van der Waals surface area (Å²) in [6, 6.07) is 3.83. The SMILES string of the molecule is CCCC1CCN(C(=O)/C=C/c2cnc3c(c2)CCC(=O)N3)CC1.Cl.O=C(O)/C=C/c1cnc2c(c1)CCC(=O)N2. The quantitative estimate of drug-likeness (QED) is 0.426. The Morgan fingerprint density at radius 2 is 1.41 bits per heavy atom. The molecule has 3 aliphatic rings. The number of pyridine rings is 2. The van der Waals surface area contributed by atoms with E-state index in [-0.39, 0.29) is 30.1 Å². The molecule has 218 valence electrons. The molecule has 10 nitrogen and oxygen atoms in total. The van der Waals surface area contributed by atoms with Gasteiger partial charge in [-0.2, -0.15) is 0 Å². The predicted molar refractivity (Wildman–Crippen MR) is 160 cm³/mol. The summed E-state index contributed by atoms with van der Waals surface area (Å²) in [4.78, 5) is 55.4. The number of nitrogens with zero attached hydrogens (tertiary/aromatic N) is 3. The second-order valence-corrected chi connectivity index (χ2v) is 10.2. The van der Waals surface area contributed by atoms with Gasteiger partial charge in [0.1, 0.15) is 11.6 Å². The molecule has 0 radical (unpaired) electrons. The zero-order valence-corrected chi connectivity index (χ0v) is 23.9. The summed E-state index contributed by atoms with van der Waals surface area (Å²) in [5.41, 5.74) is 3.59. The molecule has 0 atom stereocenters. The van der Waals surface area contributed by atoms with Gasteiger partial charge in [0.2, 0.25) is 17.7 Å². The van der Waals surface area contributed by atoms with E-state index in [0.29, 0.717) is 37.3 Å². The highest BCUT2D eigenvalue weighted by Gasteiger charge is 2.21. The first kappa shape index (κ1) is 31.5. The van der Waals surface area contributed by atoms with Gasteiger partial charge in [-0.05, 0) is 78.1 Å². The number of carboxylic acids is 1. The number of fused-ring (bicyclic) bond motifs is 2. The lowest BCUT2D eigenvalue weighted by Crippen LogP contribution is -2.37. The number of piperidine rings is 1. The number of amides is 3. The number of aryl methyl sites for hydroxylation is 2. The standard InChI is InChI=1S/C19H25N3O2.C11H10N2O3.ClH/c1-2-3-14-8-10-22(11-9-14)18(24)7-4-15-12-16-5-6-17(23)21-19(16)20-13-15;14-9-3-2-8-5-7(1-4-10(15)16)6-12-11(8)13-9;/h4,7,12-14H,2-3,5-6,8-11H2,1H3,(H,20,21,23);1,4-6H,2-3H2,(H,15,16)(H,12,13,14);1H/b7-4+;4-1+;. The summed E-state index contributed by atoms with van der Waals surface area (Å²) in [6.45, 7) is 3.95. The molecule has 11 heteroatoms. The van der Waals surface area contributed by atoms with Crippen LogP contribution < -0.4 is 10.6 Å². The molecule has 5 rings (SSSR count). The fraction of sp³-hybridized carbons (Fsp3) is 0.400. The van der Waals surface area contributed by atoms with Crippen LogP contribution in [0.4, 0.5) is 11.6 Å². The lowest BCUT2D eigenvalue weighted by Gasteiger charge is -2.31. The number of aromatic nitrogens is 2. The number of carboxylic acid groups (broad SMARTS) is 1. The van der Waals surface area contributed by atoms with Crippen LogP contribution in [0.3, 0.4) is 0 Å². The molecule has 0 aromatic carbocycles. The highest BCUT2D eigenvalue weighted by Crippen LogP contribution is 2.24. The fourth-order valence-electron chi connectivity index (χ4n) is 5.02. The van der Waals surface area contributed by atoms with Gasteiger partial charge in [0.25, 0.3) is 0 Å². The van der Waals surface area contributed by atoms with E-state index in [0.717, 1.165) is 60.2 Å². The van der Waals surface area contributed by atoms with Crippen molar-refractivity contribution in [2.45, 2.75) is 58.3 Å². The monoisotopic (exact) mass is 581 g/mol. The van der Waals surface area contributed by atoms with Gasteiger partial charge < -0.3 is 20.6 Å². The number of halogens is 1. The van der Waals surface area contributed by atoms with Crippen LogP contribution in [0.15, 0.2) is 36.7 Å². The molecule has 0 unspecified atom stereocenters. The number of rotatable bonds is 6. The zero-order valence-electron chi connectivity index (χ0n) is 23.1. The van der Waals surface area contributed by atoms with Gasteiger partial charge in [-0.15, -0.1) is 12.4 Å². The summed E-state index contributed by atoms with van der Waals surface area (Å²) >= 11 is 0. The molecule has 0 spiro atoms. The molecule has 1 fully saturated rings. The topological polar surface area (TPSA) is 142 Å². The molecule has 2 aromatic heterocycles. The molecule has 3 aliphatic heterocycles. The summed E-state index contributed by atoms with van der Waals surface area (Å²) < 4.78 is 0. The maximum atomic E-state index is 12.3. The van der Waals surface area contributed by atoms with E-state index in [9.17, 15) is 19.2 Å². The largest absolute Gasteiger partial charge is 0.478 e. The Morgan fingerprint density at radius 3 is 1.90 bits per heavy atom. The molecule has 0 bridgehead atoms. The summed E-state index contributed by atoms with van der Waals surface area (Å²) in [5, 5.41) is 13.9. The molecular formula is C30H36ClN5O5. The normalized spacial score (nSPS) is 16.6.